The van der Waals surface area contributed by atoms with Gasteiger partial charge in [0.1, 0.15) is 6.61 Å². The molecule has 1 amide bonds. The third-order valence-electron chi connectivity index (χ3n) is 3.02. The number of carbonyl (C=O) groups is 1. The zero-order valence-electron chi connectivity index (χ0n) is 10.9. The smallest absolute Gasteiger partial charge is 0.370 e. The molecule has 0 aromatic carbocycles. The minimum absolute atomic E-state index is 0.0808. The van der Waals surface area contributed by atoms with Crippen LogP contribution in [-0.4, -0.2) is 31.8 Å². The molecule has 112 valence electrons. The van der Waals surface area contributed by atoms with Crippen LogP contribution in [0, 0.1) is 0 Å². The lowest BCUT2D eigenvalue weighted by molar-refractivity contribution is -0.173. The Morgan fingerprint density at radius 2 is 2.10 bits per heavy atom. The van der Waals surface area contributed by atoms with Gasteiger partial charge >= 0.3 is 6.18 Å². The number of amides is 1. The Bertz CT molecular complexity index is 447. The second-order valence-electron chi connectivity index (χ2n) is 4.69. The van der Waals surface area contributed by atoms with Gasteiger partial charge < -0.3 is 10.1 Å². The summed E-state index contributed by atoms with van der Waals surface area (Å²) in [6, 6.07) is 1.89. The maximum absolute atomic E-state index is 11.8. The largest absolute Gasteiger partial charge is 0.411 e. The van der Waals surface area contributed by atoms with Gasteiger partial charge in [-0.3, -0.25) is 4.79 Å². The van der Waals surface area contributed by atoms with Crippen LogP contribution in [0.4, 0.5) is 13.2 Å². The van der Waals surface area contributed by atoms with Crippen molar-refractivity contribution in [2.75, 3.05) is 19.8 Å². The van der Waals surface area contributed by atoms with Crippen LogP contribution in [0.3, 0.4) is 0 Å². The first kappa shape index (κ1) is 15.3. The van der Waals surface area contributed by atoms with Crippen LogP contribution in [0.5, 0.6) is 0 Å². The lowest BCUT2D eigenvalue weighted by Crippen LogP contribution is -2.28. The minimum Gasteiger partial charge on any atom is -0.370 e. The van der Waals surface area contributed by atoms with Crippen molar-refractivity contribution < 1.29 is 22.7 Å². The van der Waals surface area contributed by atoms with Gasteiger partial charge in [-0.05, 0) is 37.3 Å². The number of alkyl halides is 3. The second-order valence-corrected chi connectivity index (χ2v) is 5.83. The van der Waals surface area contributed by atoms with E-state index in [1.807, 2.05) is 6.07 Å². The molecule has 0 radical (unpaired) electrons. The summed E-state index contributed by atoms with van der Waals surface area (Å²) in [5.41, 5.74) is 1.24. The van der Waals surface area contributed by atoms with Gasteiger partial charge in [0, 0.05) is 11.4 Å². The third-order valence-corrected chi connectivity index (χ3v) is 4.25. The highest BCUT2D eigenvalue weighted by Gasteiger charge is 2.27. The molecule has 2 rings (SSSR count). The van der Waals surface area contributed by atoms with Crippen molar-refractivity contribution in [3.05, 3.63) is 21.4 Å². The molecule has 1 aliphatic carbocycles. The molecule has 3 nitrogen and oxygen atoms in total. The Kier molecular flexibility index (Phi) is 5.04. The SMILES string of the molecule is O=C(NCCOCC(F)(F)F)c1cc2c(s1)CCCC2. The van der Waals surface area contributed by atoms with E-state index in [0.717, 1.165) is 25.7 Å². The summed E-state index contributed by atoms with van der Waals surface area (Å²) in [4.78, 5) is 13.7. The molecule has 0 bridgehead atoms. The van der Waals surface area contributed by atoms with Crippen LogP contribution >= 0.6 is 11.3 Å². The van der Waals surface area contributed by atoms with E-state index in [1.54, 1.807) is 0 Å². The van der Waals surface area contributed by atoms with Gasteiger partial charge in [-0.1, -0.05) is 0 Å². The normalized spacial score (nSPS) is 14.9. The average molecular weight is 307 g/mol. The highest BCUT2D eigenvalue weighted by molar-refractivity contribution is 7.14. The first-order valence-electron chi connectivity index (χ1n) is 6.50. The summed E-state index contributed by atoms with van der Waals surface area (Å²) < 4.78 is 39.9. The standard InChI is InChI=1S/C13H16F3NO2S/c14-13(15,16)8-19-6-5-17-12(18)11-7-9-3-1-2-4-10(9)20-11/h7H,1-6,8H2,(H,17,18). The molecule has 0 unspecified atom stereocenters. The van der Waals surface area contributed by atoms with Crippen LogP contribution in [0.15, 0.2) is 6.07 Å². The Morgan fingerprint density at radius 3 is 2.80 bits per heavy atom. The fraction of sp³-hybridized carbons (Fsp3) is 0.615. The van der Waals surface area contributed by atoms with E-state index >= 15 is 0 Å². The van der Waals surface area contributed by atoms with Crippen molar-refractivity contribution in [2.45, 2.75) is 31.9 Å². The van der Waals surface area contributed by atoms with Crippen LogP contribution in [0.2, 0.25) is 0 Å². The predicted octanol–water partition coefficient (Wildman–Crippen LogP) is 2.94. The number of carbonyl (C=O) groups excluding carboxylic acids is 1. The molecule has 1 heterocycles. The molecule has 0 saturated heterocycles. The van der Waals surface area contributed by atoms with Crippen LogP contribution in [0.25, 0.3) is 0 Å². The minimum atomic E-state index is -4.32. The average Bonchev–Trinajstić information content (AvgIpc) is 2.80. The molecule has 0 spiro atoms. The molecular weight excluding hydrogens is 291 g/mol. The van der Waals surface area contributed by atoms with Gasteiger partial charge in [0.2, 0.25) is 0 Å². The van der Waals surface area contributed by atoms with E-state index in [-0.39, 0.29) is 19.1 Å². The van der Waals surface area contributed by atoms with Crippen molar-refractivity contribution in [3.8, 4) is 0 Å². The molecule has 0 saturated carbocycles. The molecule has 20 heavy (non-hydrogen) atoms. The molecule has 1 N–H and O–H groups in total. The molecule has 0 fully saturated rings. The van der Waals surface area contributed by atoms with Gasteiger partial charge in [-0.25, -0.2) is 0 Å². The number of aryl methyl sites for hydroxylation is 2. The molecule has 7 heteroatoms. The monoisotopic (exact) mass is 307 g/mol. The Hall–Kier alpha value is -1.08. The number of hydrogen-bond donors (Lipinski definition) is 1. The van der Waals surface area contributed by atoms with Crippen molar-refractivity contribution in [2.24, 2.45) is 0 Å². The highest BCUT2D eigenvalue weighted by Crippen LogP contribution is 2.29. The molecule has 1 aromatic heterocycles. The van der Waals surface area contributed by atoms with Gasteiger partial charge in [-0.15, -0.1) is 11.3 Å². The maximum atomic E-state index is 11.8. The number of hydrogen-bond acceptors (Lipinski definition) is 3. The summed E-state index contributed by atoms with van der Waals surface area (Å²) in [5, 5.41) is 2.57. The summed E-state index contributed by atoms with van der Waals surface area (Å²) in [6.45, 7) is -1.34. The number of rotatable bonds is 5. The Balaban J connectivity index is 1.73. The molecule has 0 atom stereocenters. The number of thiophene rings is 1. The zero-order chi connectivity index (χ0) is 14.6. The van der Waals surface area contributed by atoms with Crippen molar-refractivity contribution in [1.82, 2.24) is 5.32 Å². The second kappa shape index (κ2) is 6.58. The fourth-order valence-corrected chi connectivity index (χ4v) is 3.28. The number of halogens is 3. The first-order chi connectivity index (χ1) is 9.46. The van der Waals surface area contributed by atoms with E-state index in [0.29, 0.717) is 4.88 Å². The highest BCUT2D eigenvalue weighted by atomic mass is 32.1. The van der Waals surface area contributed by atoms with Crippen LogP contribution in [-0.2, 0) is 17.6 Å². The van der Waals surface area contributed by atoms with Gasteiger partial charge in [0.25, 0.3) is 5.91 Å². The summed E-state index contributed by atoms with van der Waals surface area (Å²) in [6.07, 6.45) is 0.00251. The van der Waals surface area contributed by atoms with E-state index in [4.69, 9.17) is 0 Å². The van der Waals surface area contributed by atoms with Crippen molar-refractivity contribution in [1.29, 1.82) is 0 Å². The molecular formula is C13H16F3NO2S. The number of nitrogens with one attached hydrogen (secondary N) is 1. The first-order valence-corrected chi connectivity index (χ1v) is 7.31. The van der Waals surface area contributed by atoms with E-state index in [2.05, 4.69) is 10.1 Å². The predicted molar refractivity (Wildman–Crippen MR) is 70.2 cm³/mol. The molecule has 0 aliphatic heterocycles. The fourth-order valence-electron chi connectivity index (χ4n) is 2.11. The van der Waals surface area contributed by atoms with Gasteiger partial charge in [0.05, 0.1) is 11.5 Å². The summed E-state index contributed by atoms with van der Waals surface area (Å²) >= 11 is 1.48. The Morgan fingerprint density at radius 1 is 1.35 bits per heavy atom. The molecule has 1 aliphatic rings. The van der Waals surface area contributed by atoms with Crippen LogP contribution < -0.4 is 5.32 Å². The summed E-state index contributed by atoms with van der Waals surface area (Å²) in [7, 11) is 0. The topological polar surface area (TPSA) is 38.3 Å². The zero-order valence-corrected chi connectivity index (χ0v) is 11.7. The van der Waals surface area contributed by atoms with Crippen LogP contribution in [0.1, 0.15) is 33.0 Å². The van der Waals surface area contributed by atoms with E-state index < -0.39 is 12.8 Å². The lowest BCUT2D eigenvalue weighted by atomic mass is 9.99. The lowest BCUT2D eigenvalue weighted by Gasteiger charge is -2.08. The quantitative estimate of drug-likeness (QED) is 0.849. The third kappa shape index (κ3) is 4.49. The van der Waals surface area contributed by atoms with E-state index in [1.165, 1.54) is 21.8 Å². The van der Waals surface area contributed by atoms with Gasteiger partial charge in [-0.2, -0.15) is 13.2 Å². The number of fused-ring (bicyclic) bond motifs is 1. The van der Waals surface area contributed by atoms with Crippen molar-refractivity contribution >= 4 is 17.2 Å². The van der Waals surface area contributed by atoms with Crippen molar-refractivity contribution in [3.63, 3.8) is 0 Å². The molecule has 1 aromatic rings. The summed E-state index contributed by atoms with van der Waals surface area (Å²) in [5.74, 6) is -0.236. The van der Waals surface area contributed by atoms with Gasteiger partial charge in [0.15, 0.2) is 0 Å². The Labute approximate surface area is 119 Å². The van der Waals surface area contributed by atoms with E-state index in [9.17, 15) is 18.0 Å². The maximum Gasteiger partial charge on any atom is 0.411 e. The number of ether oxygens (including phenoxy) is 1.